The highest BCUT2D eigenvalue weighted by atomic mass is 31.3. The molecular formula is C33H53N7O22P2. The highest BCUT2D eigenvalue weighted by Gasteiger charge is 2.50. The SMILES string of the molecule is CC1=CC1COC(=O)NCCOCCOCCOCCOCCC(=O)NCC1O[C@H](OP(=O)(O)OP(=O)(O)OC[C@H]2O[C@@H](n3cnc4c(=O)[nH]c(N)nc43)C(O)C2O)C(O)C(O)[C@@H]1O. The number of rotatable bonds is 27. The van der Waals surface area contributed by atoms with Crippen molar-refractivity contribution in [3.8, 4) is 0 Å². The van der Waals surface area contributed by atoms with Crippen LogP contribution in [0.4, 0.5) is 10.7 Å². The first-order chi connectivity index (χ1) is 30.4. The standard InChI is InChI=1S/C33H53N7O22P2/c1-17-12-18(17)14-57-33(48)35-3-5-54-7-9-56-11-10-55-8-6-53-4-2-21(41)36-13-19-23(42)25(44)27(46)31(60-19)61-64(51,52)62-63(49,50)58-15-20-24(43)26(45)30(59-20)40-16-37-22-28(40)38-32(34)39-29(22)47/h12,16,18-20,23-27,30-31,42-46H,2-11,13-15H2,1H3,(H,35,48)(H,36,41)(H,49,50)(H,51,52)(H3,34,38,39,47)/t18?,19?,20-,23-,24?,25?,26?,27?,30-,31-/m1/s1. The lowest BCUT2D eigenvalue weighted by Gasteiger charge is -2.40. The second kappa shape index (κ2) is 23.8. The van der Waals surface area contributed by atoms with Crippen molar-refractivity contribution in [3.05, 3.63) is 28.3 Å². The second-order valence-electron chi connectivity index (χ2n) is 14.3. The summed E-state index contributed by atoms with van der Waals surface area (Å²) >= 11 is 0. The van der Waals surface area contributed by atoms with Crippen molar-refractivity contribution in [1.29, 1.82) is 0 Å². The summed E-state index contributed by atoms with van der Waals surface area (Å²) in [6.45, 7) is 2.87. The molecule has 4 heterocycles. The highest BCUT2D eigenvalue weighted by molar-refractivity contribution is 7.61. The molecule has 8 unspecified atom stereocenters. The number of carbonyl (C=O) groups excluding carboxylic acids is 2. The summed E-state index contributed by atoms with van der Waals surface area (Å²) in [5, 5.41) is 57.2. The first-order valence-corrected chi connectivity index (χ1v) is 22.6. The molecule has 2 aromatic rings. The summed E-state index contributed by atoms with van der Waals surface area (Å²) in [7, 11) is -11.3. The van der Waals surface area contributed by atoms with E-state index in [-0.39, 0.29) is 55.9 Å². The van der Waals surface area contributed by atoms with Crippen molar-refractivity contribution < 1.29 is 101 Å². The zero-order valence-electron chi connectivity index (χ0n) is 34.2. The number of carbonyl (C=O) groups is 2. The van der Waals surface area contributed by atoms with Gasteiger partial charge in [0.05, 0.1) is 65.8 Å². The molecule has 2 amide bonds. The minimum absolute atomic E-state index is 0.0351. The van der Waals surface area contributed by atoms with E-state index in [0.717, 1.165) is 10.9 Å². The average molecular weight is 962 g/mol. The number of nitrogens with zero attached hydrogens (tertiary/aromatic N) is 3. The molecule has 2 aliphatic heterocycles. The number of aromatic amines is 1. The topological polar surface area (TPSA) is 416 Å². The van der Waals surface area contributed by atoms with Gasteiger partial charge in [0.25, 0.3) is 5.56 Å². The summed E-state index contributed by atoms with van der Waals surface area (Å²) < 4.78 is 77.4. The molecule has 0 spiro atoms. The number of anilines is 1. The minimum atomic E-state index is -5.73. The lowest BCUT2D eigenvalue weighted by atomic mass is 9.99. The molecule has 0 saturated carbocycles. The number of H-pyrrole nitrogens is 1. The molecule has 29 nitrogen and oxygen atoms in total. The van der Waals surface area contributed by atoms with E-state index in [0.29, 0.717) is 39.6 Å². The van der Waals surface area contributed by atoms with Gasteiger partial charge in [0.1, 0.15) is 49.3 Å². The quantitative estimate of drug-likeness (QED) is 0.0233. The average Bonchev–Trinajstić information content (AvgIpc) is 3.66. The summed E-state index contributed by atoms with van der Waals surface area (Å²) in [4.78, 5) is 66.5. The van der Waals surface area contributed by atoms with Gasteiger partial charge in [0.15, 0.2) is 23.7 Å². The zero-order chi connectivity index (χ0) is 46.6. The van der Waals surface area contributed by atoms with Crippen LogP contribution in [0.5, 0.6) is 0 Å². The maximum atomic E-state index is 12.7. The molecule has 362 valence electrons. The van der Waals surface area contributed by atoms with E-state index >= 15 is 0 Å². The smallest absolute Gasteiger partial charge is 0.449 e. The number of nitrogens with two attached hydrogens (primary N) is 1. The monoisotopic (exact) mass is 961 g/mol. The number of fused-ring (bicyclic) bond motifs is 1. The molecule has 2 saturated heterocycles. The van der Waals surface area contributed by atoms with Crippen LogP contribution in [0.25, 0.3) is 11.2 Å². The number of hydrogen-bond acceptors (Lipinski definition) is 23. The predicted molar refractivity (Wildman–Crippen MR) is 210 cm³/mol. The number of phosphoric ester groups is 2. The molecule has 64 heavy (non-hydrogen) atoms. The van der Waals surface area contributed by atoms with Crippen LogP contribution in [0.15, 0.2) is 22.8 Å². The molecule has 2 aromatic heterocycles. The maximum Gasteiger partial charge on any atom is 0.483 e. The molecule has 3 aliphatic rings. The van der Waals surface area contributed by atoms with E-state index in [1.54, 1.807) is 0 Å². The van der Waals surface area contributed by atoms with Gasteiger partial charge < -0.3 is 84.8 Å². The van der Waals surface area contributed by atoms with Crippen LogP contribution in [0.1, 0.15) is 19.6 Å². The Kier molecular flexibility index (Phi) is 19.1. The zero-order valence-corrected chi connectivity index (χ0v) is 36.0. The summed E-state index contributed by atoms with van der Waals surface area (Å²) in [6.07, 6.45) is -14.1. The highest BCUT2D eigenvalue weighted by Crippen LogP contribution is 2.61. The van der Waals surface area contributed by atoms with Crippen molar-refractivity contribution in [2.24, 2.45) is 5.92 Å². The molecule has 0 aromatic carbocycles. The normalized spacial score (nSPS) is 28.6. The maximum absolute atomic E-state index is 12.7. The Labute approximate surface area is 362 Å². The second-order valence-corrected chi connectivity index (χ2v) is 17.3. The lowest BCUT2D eigenvalue weighted by Crippen LogP contribution is -2.60. The predicted octanol–water partition coefficient (Wildman–Crippen LogP) is -3.75. The van der Waals surface area contributed by atoms with Gasteiger partial charge in [-0.05, 0) is 6.92 Å². The molecule has 31 heteroatoms. The van der Waals surface area contributed by atoms with Crippen molar-refractivity contribution in [3.63, 3.8) is 0 Å². The first-order valence-electron chi connectivity index (χ1n) is 19.7. The van der Waals surface area contributed by atoms with Gasteiger partial charge in [-0.2, -0.15) is 9.29 Å². The molecule has 1 aliphatic carbocycles. The molecule has 2 fully saturated rings. The third kappa shape index (κ3) is 15.3. The number of aromatic nitrogens is 4. The lowest BCUT2D eigenvalue weighted by molar-refractivity contribution is -0.273. The number of phosphoric acid groups is 2. The van der Waals surface area contributed by atoms with Crippen molar-refractivity contribution in [1.82, 2.24) is 30.2 Å². The van der Waals surface area contributed by atoms with E-state index in [9.17, 15) is 58.8 Å². The molecule has 12 atom stereocenters. The van der Waals surface area contributed by atoms with E-state index in [1.807, 2.05) is 13.0 Å². The van der Waals surface area contributed by atoms with Gasteiger partial charge in [-0.3, -0.25) is 28.2 Å². The number of amides is 2. The molecule has 0 bridgehead atoms. The van der Waals surface area contributed by atoms with Crippen molar-refractivity contribution in [2.45, 2.75) is 68.6 Å². The minimum Gasteiger partial charge on any atom is -0.449 e. The summed E-state index contributed by atoms with van der Waals surface area (Å²) in [6, 6.07) is 0. The van der Waals surface area contributed by atoms with Gasteiger partial charge in [-0.25, -0.2) is 18.9 Å². The Hall–Kier alpha value is -3.55. The Morgan fingerprint density at radius 2 is 1.47 bits per heavy atom. The third-order valence-electron chi connectivity index (χ3n) is 9.52. The van der Waals surface area contributed by atoms with Crippen LogP contribution in [-0.2, 0) is 60.4 Å². The van der Waals surface area contributed by atoms with Gasteiger partial charge in [0, 0.05) is 25.4 Å². The van der Waals surface area contributed by atoms with Crippen LogP contribution in [0.3, 0.4) is 0 Å². The van der Waals surface area contributed by atoms with Crippen LogP contribution >= 0.6 is 15.6 Å². The summed E-state index contributed by atoms with van der Waals surface area (Å²) in [5.74, 6) is -0.638. The van der Waals surface area contributed by atoms with Gasteiger partial charge in [0.2, 0.25) is 11.9 Å². The fraction of sp³-hybridized carbons (Fsp3) is 0.727. The molecule has 5 rings (SSSR count). The third-order valence-corrected chi connectivity index (χ3v) is 12.1. The fourth-order valence-electron chi connectivity index (χ4n) is 5.99. The van der Waals surface area contributed by atoms with E-state index in [2.05, 4.69) is 34.4 Å². The van der Waals surface area contributed by atoms with Crippen LogP contribution in [-0.4, -0.2) is 195 Å². The molecule has 0 radical (unpaired) electrons. The van der Waals surface area contributed by atoms with Crippen molar-refractivity contribution >= 4 is 44.8 Å². The number of alkyl carbamates (subject to hydrolysis) is 1. The van der Waals surface area contributed by atoms with E-state index in [4.69, 9.17) is 43.4 Å². The largest absolute Gasteiger partial charge is 0.483 e. The van der Waals surface area contributed by atoms with Gasteiger partial charge in [-0.1, -0.05) is 11.6 Å². The Bertz CT molecular complexity index is 2040. The number of imidazole rings is 1. The number of nitrogens with one attached hydrogen (secondary N) is 3. The first kappa shape index (κ1) is 51.4. The molecule has 12 N–H and O–H groups in total. The van der Waals surface area contributed by atoms with Crippen LogP contribution in [0.2, 0.25) is 0 Å². The molecular weight excluding hydrogens is 908 g/mol. The fourth-order valence-corrected chi connectivity index (χ4v) is 8.15. The number of ether oxygens (including phenoxy) is 7. The van der Waals surface area contributed by atoms with Gasteiger partial charge in [-0.15, -0.1) is 0 Å². The Balaban J connectivity index is 0.922. The van der Waals surface area contributed by atoms with Gasteiger partial charge >= 0.3 is 21.7 Å². The van der Waals surface area contributed by atoms with Crippen LogP contribution in [0, 0.1) is 5.92 Å². The van der Waals surface area contributed by atoms with E-state index in [1.165, 1.54) is 5.57 Å². The van der Waals surface area contributed by atoms with Crippen LogP contribution < -0.4 is 21.9 Å². The van der Waals surface area contributed by atoms with E-state index < -0.39 is 102 Å². The summed E-state index contributed by atoms with van der Waals surface area (Å²) in [5.41, 5.74) is 5.75. The number of aliphatic hydroxyl groups is 5. The Morgan fingerprint density at radius 3 is 2.12 bits per heavy atom. The Morgan fingerprint density at radius 1 is 0.844 bits per heavy atom. The van der Waals surface area contributed by atoms with Crippen molar-refractivity contribution in [2.75, 3.05) is 84.9 Å². The number of hydrogen-bond donors (Lipinski definition) is 11. The number of aliphatic hydroxyl groups excluding tert-OH is 5. The number of nitrogen functional groups attached to an aromatic ring is 1.